The average molecular weight is 278 g/mol. The van der Waals surface area contributed by atoms with Crippen LogP contribution >= 0.6 is 11.3 Å². The summed E-state index contributed by atoms with van der Waals surface area (Å²) < 4.78 is 4.95. The van der Waals surface area contributed by atoms with Crippen LogP contribution in [0, 0.1) is 0 Å². The topological polar surface area (TPSA) is 88.5 Å². The first-order valence-corrected chi connectivity index (χ1v) is 6.17. The number of anilines is 1. The molecule has 6 nitrogen and oxygen atoms in total. The van der Waals surface area contributed by atoms with Gasteiger partial charge in [-0.05, 0) is 18.2 Å². The van der Waals surface area contributed by atoms with Crippen LogP contribution < -0.4 is 10.1 Å². The Kier molecular flexibility index (Phi) is 3.76. The maximum atomic E-state index is 11.8. The van der Waals surface area contributed by atoms with Crippen molar-refractivity contribution in [2.24, 2.45) is 0 Å². The molecule has 7 heteroatoms. The predicted octanol–water partition coefficient (Wildman–Crippen LogP) is 2.10. The molecule has 0 aliphatic carbocycles. The Labute approximate surface area is 112 Å². The fourth-order valence-corrected chi connectivity index (χ4v) is 1.98. The number of ether oxygens (including phenoxy) is 1. The summed E-state index contributed by atoms with van der Waals surface area (Å²) in [4.78, 5) is 26.8. The van der Waals surface area contributed by atoms with Gasteiger partial charge in [-0.15, -0.1) is 11.3 Å². The molecule has 0 fully saturated rings. The van der Waals surface area contributed by atoms with Crippen molar-refractivity contribution in [1.29, 1.82) is 0 Å². The molecule has 1 heterocycles. The normalized spacial score (nSPS) is 9.95. The number of hydrogen-bond donors (Lipinski definition) is 2. The van der Waals surface area contributed by atoms with Crippen LogP contribution in [0.4, 0.5) is 5.69 Å². The molecule has 0 aliphatic rings. The number of carbonyl (C=O) groups excluding carboxylic acids is 1. The molecule has 19 heavy (non-hydrogen) atoms. The number of carboxylic acids is 1. The molecule has 1 aromatic carbocycles. The molecule has 0 unspecified atom stereocenters. The third-order valence-corrected chi connectivity index (χ3v) is 2.96. The van der Waals surface area contributed by atoms with Crippen LogP contribution in [-0.2, 0) is 0 Å². The number of nitrogens with zero attached hydrogens (tertiary/aromatic N) is 1. The summed E-state index contributed by atoms with van der Waals surface area (Å²) in [6, 6.07) is 4.40. The third kappa shape index (κ3) is 2.89. The number of amides is 1. The van der Waals surface area contributed by atoms with E-state index in [1.807, 2.05) is 0 Å². The molecule has 0 bridgehead atoms. The zero-order chi connectivity index (χ0) is 13.8. The molecular formula is C12H10N2O4S. The molecule has 2 N–H and O–H groups in total. The smallest absolute Gasteiger partial charge is 0.337 e. The first kappa shape index (κ1) is 13.0. The zero-order valence-corrected chi connectivity index (χ0v) is 10.7. The Morgan fingerprint density at radius 1 is 1.42 bits per heavy atom. The van der Waals surface area contributed by atoms with E-state index in [2.05, 4.69) is 10.3 Å². The lowest BCUT2D eigenvalue weighted by Gasteiger charge is -2.09. The van der Waals surface area contributed by atoms with E-state index in [9.17, 15) is 9.59 Å². The van der Waals surface area contributed by atoms with E-state index in [-0.39, 0.29) is 16.9 Å². The molecule has 2 aromatic rings. The SMILES string of the molecule is COc1ccc(NC(=O)c2cscn2)c(C(=O)O)c1. The van der Waals surface area contributed by atoms with Crippen molar-refractivity contribution in [3.05, 3.63) is 40.3 Å². The molecule has 98 valence electrons. The van der Waals surface area contributed by atoms with Gasteiger partial charge in [0, 0.05) is 5.38 Å². The summed E-state index contributed by atoms with van der Waals surface area (Å²) in [5.74, 6) is -1.19. The molecule has 0 radical (unpaired) electrons. The molecule has 1 aromatic heterocycles. The van der Waals surface area contributed by atoms with Gasteiger partial charge in [0.15, 0.2) is 0 Å². The minimum Gasteiger partial charge on any atom is -0.497 e. The molecule has 2 rings (SSSR count). The summed E-state index contributed by atoms with van der Waals surface area (Å²) in [6.07, 6.45) is 0. The third-order valence-electron chi connectivity index (χ3n) is 2.37. The number of methoxy groups -OCH3 is 1. The Balaban J connectivity index is 2.29. The fraction of sp³-hybridized carbons (Fsp3) is 0.0833. The quantitative estimate of drug-likeness (QED) is 0.894. The lowest BCUT2D eigenvalue weighted by atomic mass is 10.1. The van der Waals surface area contributed by atoms with Gasteiger partial charge >= 0.3 is 5.97 Å². The number of aromatic carboxylic acids is 1. The maximum Gasteiger partial charge on any atom is 0.337 e. The first-order chi connectivity index (χ1) is 9.11. The van der Waals surface area contributed by atoms with Gasteiger partial charge in [0.25, 0.3) is 5.91 Å². The molecule has 0 saturated heterocycles. The maximum absolute atomic E-state index is 11.8. The van der Waals surface area contributed by atoms with Gasteiger partial charge in [0.1, 0.15) is 11.4 Å². The summed E-state index contributed by atoms with van der Waals surface area (Å²) in [6.45, 7) is 0. The van der Waals surface area contributed by atoms with Crippen molar-refractivity contribution in [3.8, 4) is 5.75 Å². The number of carboxylic acid groups (broad SMARTS) is 1. The Morgan fingerprint density at radius 3 is 2.79 bits per heavy atom. The molecule has 1 amide bonds. The van der Waals surface area contributed by atoms with Crippen LogP contribution in [0.2, 0.25) is 0 Å². The monoisotopic (exact) mass is 278 g/mol. The second kappa shape index (κ2) is 5.49. The number of carbonyl (C=O) groups is 2. The minimum absolute atomic E-state index is 0.0390. The highest BCUT2D eigenvalue weighted by Gasteiger charge is 2.15. The zero-order valence-electron chi connectivity index (χ0n) is 9.91. The fourth-order valence-electron chi connectivity index (χ4n) is 1.45. The standard InChI is InChI=1S/C12H10N2O4S/c1-18-7-2-3-9(8(4-7)12(16)17)14-11(15)10-5-19-6-13-10/h2-6H,1H3,(H,14,15)(H,16,17). The van der Waals surface area contributed by atoms with Gasteiger partial charge in [-0.1, -0.05) is 0 Å². The van der Waals surface area contributed by atoms with Crippen LogP contribution in [0.3, 0.4) is 0 Å². The minimum atomic E-state index is -1.15. The first-order valence-electron chi connectivity index (χ1n) is 5.22. The second-order valence-corrected chi connectivity index (χ2v) is 4.26. The van der Waals surface area contributed by atoms with E-state index in [1.165, 1.54) is 36.1 Å². The number of hydrogen-bond acceptors (Lipinski definition) is 5. The molecule has 0 aliphatic heterocycles. The van der Waals surface area contributed by atoms with Crippen molar-refractivity contribution in [2.75, 3.05) is 12.4 Å². The van der Waals surface area contributed by atoms with Gasteiger partial charge in [-0.25, -0.2) is 9.78 Å². The van der Waals surface area contributed by atoms with Gasteiger partial charge < -0.3 is 15.2 Å². The lowest BCUT2D eigenvalue weighted by Crippen LogP contribution is -2.15. The highest BCUT2D eigenvalue weighted by molar-refractivity contribution is 7.07. The van der Waals surface area contributed by atoms with Crippen LogP contribution in [0.1, 0.15) is 20.8 Å². The number of nitrogens with one attached hydrogen (secondary N) is 1. The Hall–Kier alpha value is -2.41. The van der Waals surface area contributed by atoms with Gasteiger partial charge in [-0.2, -0.15) is 0 Å². The number of thiazole rings is 1. The number of benzene rings is 1. The Bertz CT molecular complexity index is 610. The van der Waals surface area contributed by atoms with Gasteiger partial charge in [0.05, 0.1) is 23.9 Å². The molecular weight excluding hydrogens is 268 g/mol. The molecule has 0 spiro atoms. The average Bonchev–Trinajstić information content (AvgIpc) is 2.92. The predicted molar refractivity (Wildman–Crippen MR) is 70.0 cm³/mol. The van der Waals surface area contributed by atoms with E-state index >= 15 is 0 Å². The summed E-state index contributed by atoms with van der Waals surface area (Å²) in [5.41, 5.74) is 1.94. The van der Waals surface area contributed by atoms with Crippen LogP contribution in [0.25, 0.3) is 0 Å². The van der Waals surface area contributed by atoms with E-state index in [0.29, 0.717) is 5.75 Å². The van der Waals surface area contributed by atoms with E-state index in [1.54, 1.807) is 11.4 Å². The molecule has 0 saturated carbocycles. The van der Waals surface area contributed by atoms with Gasteiger partial charge in [0.2, 0.25) is 0 Å². The summed E-state index contributed by atoms with van der Waals surface area (Å²) >= 11 is 1.29. The van der Waals surface area contributed by atoms with Crippen molar-refractivity contribution in [2.45, 2.75) is 0 Å². The highest BCUT2D eigenvalue weighted by atomic mass is 32.1. The van der Waals surface area contributed by atoms with Gasteiger partial charge in [-0.3, -0.25) is 4.79 Å². The van der Waals surface area contributed by atoms with E-state index in [0.717, 1.165) is 0 Å². The van der Waals surface area contributed by atoms with Crippen molar-refractivity contribution >= 4 is 28.9 Å². The van der Waals surface area contributed by atoms with Crippen molar-refractivity contribution in [1.82, 2.24) is 4.98 Å². The molecule has 0 atom stereocenters. The number of rotatable bonds is 4. The van der Waals surface area contributed by atoms with Crippen LogP contribution in [0.15, 0.2) is 29.1 Å². The van der Waals surface area contributed by atoms with Crippen LogP contribution in [-0.4, -0.2) is 29.1 Å². The summed E-state index contributed by atoms with van der Waals surface area (Å²) in [5, 5.41) is 13.2. The number of aromatic nitrogens is 1. The lowest BCUT2D eigenvalue weighted by molar-refractivity contribution is 0.0697. The van der Waals surface area contributed by atoms with E-state index in [4.69, 9.17) is 9.84 Å². The Morgan fingerprint density at radius 2 is 2.21 bits per heavy atom. The van der Waals surface area contributed by atoms with Crippen molar-refractivity contribution < 1.29 is 19.4 Å². The van der Waals surface area contributed by atoms with Crippen molar-refractivity contribution in [3.63, 3.8) is 0 Å². The van der Waals surface area contributed by atoms with E-state index < -0.39 is 11.9 Å². The highest BCUT2D eigenvalue weighted by Crippen LogP contribution is 2.22. The second-order valence-electron chi connectivity index (χ2n) is 3.54. The largest absolute Gasteiger partial charge is 0.497 e. The summed E-state index contributed by atoms with van der Waals surface area (Å²) in [7, 11) is 1.44. The van der Waals surface area contributed by atoms with Crippen LogP contribution in [0.5, 0.6) is 5.75 Å².